The molecule has 1 saturated carbocycles. The first-order chi connectivity index (χ1) is 10.4. The van der Waals surface area contributed by atoms with Crippen LogP contribution in [0.3, 0.4) is 0 Å². The third-order valence-corrected chi connectivity index (χ3v) is 4.50. The Hall–Kier alpha value is -0.900. The van der Waals surface area contributed by atoms with Crippen molar-refractivity contribution in [2.24, 2.45) is 5.92 Å². The minimum absolute atomic E-state index is 0.473. The molecule has 3 heteroatoms. The molecule has 2 aliphatic rings. The van der Waals surface area contributed by atoms with Crippen molar-refractivity contribution in [1.82, 2.24) is 10.2 Å². The molecule has 1 aliphatic heterocycles. The Labute approximate surface area is 128 Å². The van der Waals surface area contributed by atoms with Crippen LogP contribution in [-0.4, -0.2) is 44.3 Å². The second kappa shape index (κ2) is 7.92. The molecule has 2 fully saturated rings. The molecule has 3 nitrogen and oxygen atoms in total. The highest BCUT2D eigenvalue weighted by Crippen LogP contribution is 2.28. The van der Waals surface area contributed by atoms with E-state index in [2.05, 4.69) is 40.5 Å². The minimum Gasteiger partial charge on any atom is -0.381 e. The first-order valence-corrected chi connectivity index (χ1v) is 8.50. The number of nitrogens with zero attached hydrogens (tertiary/aromatic N) is 1. The van der Waals surface area contributed by atoms with E-state index in [4.69, 9.17) is 4.74 Å². The Bertz CT molecular complexity index is 405. The molecule has 1 aromatic rings. The van der Waals surface area contributed by atoms with Crippen LogP contribution in [0.5, 0.6) is 0 Å². The van der Waals surface area contributed by atoms with E-state index in [1.165, 1.54) is 31.4 Å². The largest absolute Gasteiger partial charge is 0.381 e. The lowest BCUT2D eigenvalue weighted by atomic mass is 10.1. The smallest absolute Gasteiger partial charge is 0.0494 e. The fourth-order valence-electron chi connectivity index (χ4n) is 3.03. The van der Waals surface area contributed by atoms with Crippen LogP contribution in [0.15, 0.2) is 30.3 Å². The first kappa shape index (κ1) is 15.0. The Balaban J connectivity index is 1.41. The van der Waals surface area contributed by atoms with E-state index in [0.717, 1.165) is 45.2 Å². The van der Waals surface area contributed by atoms with Crippen LogP contribution in [-0.2, 0) is 4.74 Å². The quantitative estimate of drug-likeness (QED) is 0.781. The van der Waals surface area contributed by atoms with Gasteiger partial charge in [0, 0.05) is 32.3 Å². The maximum absolute atomic E-state index is 5.75. The van der Waals surface area contributed by atoms with Gasteiger partial charge in [-0.1, -0.05) is 30.3 Å². The van der Waals surface area contributed by atoms with Crippen LogP contribution in [0, 0.1) is 5.92 Å². The van der Waals surface area contributed by atoms with E-state index in [0.29, 0.717) is 6.04 Å². The van der Waals surface area contributed by atoms with Gasteiger partial charge in [-0.15, -0.1) is 0 Å². The maximum atomic E-state index is 5.75. The summed E-state index contributed by atoms with van der Waals surface area (Å²) in [5.74, 6) is 0.884. The van der Waals surface area contributed by atoms with Gasteiger partial charge in [0.25, 0.3) is 0 Å². The Morgan fingerprint density at radius 3 is 2.86 bits per heavy atom. The monoisotopic (exact) mass is 288 g/mol. The third-order valence-electron chi connectivity index (χ3n) is 4.50. The zero-order valence-electron chi connectivity index (χ0n) is 13.0. The van der Waals surface area contributed by atoms with Crippen molar-refractivity contribution in [2.45, 2.75) is 31.7 Å². The summed E-state index contributed by atoms with van der Waals surface area (Å²) in [5, 5.41) is 3.68. The van der Waals surface area contributed by atoms with Gasteiger partial charge in [0.15, 0.2) is 0 Å². The molecule has 1 saturated heterocycles. The van der Waals surface area contributed by atoms with Crippen molar-refractivity contribution in [3.05, 3.63) is 35.9 Å². The van der Waals surface area contributed by atoms with Gasteiger partial charge >= 0.3 is 0 Å². The number of rotatable bonds is 7. The lowest BCUT2D eigenvalue weighted by Gasteiger charge is -2.24. The number of ether oxygens (including phenoxy) is 1. The van der Waals surface area contributed by atoms with Crippen molar-refractivity contribution in [3.63, 3.8) is 0 Å². The predicted octanol–water partition coefficient (Wildman–Crippen LogP) is 2.84. The molecule has 1 unspecified atom stereocenters. The van der Waals surface area contributed by atoms with Crippen LogP contribution < -0.4 is 5.32 Å². The zero-order valence-corrected chi connectivity index (χ0v) is 13.0. The Morgan fingerprint density at radius 1 is 1.19 bits per heavy atom. The lowest BCUT2D eigenvalue weighted by Crippen LogP contribution is -2.32. The van der Waals surface area contributed by atoms with Gasteiger partial charge in [-0.25, -0.2) is 0 Å². The fraction of sp³-hybridized carbons (Fsp3) is 0.667. The molecule has 0 spiro atoms. The van der Waals surface area contributed by atoms with Gasteiger partial charge in [0.2, 0.25) is 0 Å². The molecule has 0 amide bonds. The van der Waals surface area contributed by atoms with E-state index < -0.39 is 0 Å². The van der Waals surface area contributed by atoms with Gasteiger partial charge in [-0.05, 0) is 50.3 Å². The SMILES string of the molecule is c1ccc(C2CN(CCCOCC3CC3)CCCN2)cc1. The van der Waals surface area contributed by atoms with Crippen LogP contribution in [0.4, 0.5) is 0 Å². The van der Waals surface area contributed by atoms with Gasteiger partial charge < -0.3 is 15.0 Å². The van der Waals surface area contributed by atoms with E-state index >= 15 is 0 Å². The van der Waals surface area contributed by atoms with Crippen molar-refractivity contribution >= 4 is 0 Å². The molecule has 21 heavy (non-hydrogen) atoms. The lowest BCUT2D eigenvalue weighted by molar-refractivity contribution is 0.111. The summed E-state index contributed by atoms with van der Waals surface area (Å²) in [5.41, 5.74) is 1.41. The van der Waals surface area contributed by atoms with Gasteiger partial charge in [0.1, 0.15) is 0 Å². The second-order valence-electron chi connectivity index (χ2n) is 6.44. The Kier molecular flexibility index (Phi) is 5.67. The first-order valence-electron chi connectivity index (χ1n) is 8.50. The highest BCUT2D eigenvalue weighted by molar-refractivity contribution is 5.19. The average Bonchev–Trinajstić information content (AvgIpc) is 3.35. The van der Waals surface area contributed by atoms with Gasteiger partial charge in [-0.2, -0.15) is 0 Å². The van der Waals surface area contributed by atoms with Crippen molar-refractivity contribution in [2.75, 3.05) is 39.4 Å². The highest BCUT2D eigenvalue weighted by atomic mass is 16.5. The van der Waals surface area contributed by atoms with Crippen LogP contribution in [0.25, 0.3) is 0 Å². The number of hydrogen-bond donors (Lipinski definition) is 1. The minimum atomic E-state index is 0.473. The molecule has 1 aliphatic carbocycles. The summed E-state index contributed by atoms with van der Waals surface area (Å²) in [6.45, 7) is 6.53. The zero-order chi connectivity index (χ0) is 14.3. The van der Waals surface area contributed by atoms with Gasteiger partial charge in [-0.3, -0.25) is 0 Å². The molecule has 0 radical (unpaired) electrons. The summed E-state index contributed by atoms with van der Waals surface area (Å²) >= 11 is 0. The number of nitrogens with one attached hydrogen (secondary N) is 1. The summed E-state index contributed by atoms with van der Waals surface area (Å²) < 4.78 is 5.75. The average molecular weight is 288 g/mol. The molecule has 1 aromatic carbocycles. The van der Waals surface area contributed by atoms with E-state index in [1.807, 2.05) is 0 Å². The summed E-state index contributed by atoms with van der Waals surface area (Å²) in [6.07, 6.45) is 5.17. The molecular formula is C18H28N2O. The predicted molar refractivity (Wildman–Crippen MR) is 86.4 cm³/mol. The fourth-order valence-corrected chi connectivity index (χ4v) is 3.03. The number of benzene rings is 1. The second-order valence-corrected chi connectivity index (χ2v) is 6.44. The van der Waals surface area contributed by atoms with Crippen LogP contribution in [0.1, 0.15) is 37.3 Å². The number of hydrogen-bond acceptors (Lipinski definition) is 3. The standard InChI is InChI=1S/C18H28N2O/c1-2-6-17(7-3-1)18-14-20(11-4-10-19-18)12-5-13-21-15-16-8-9-16/h1-3,6-7,16,18-19H,4-5,8-15H2. The third kappa shape index (κ3) is 5.10. The van der Waals surface area contributed by atoms with E-state index in [9.17, 15) is 0 Å². The Morgan fingerprint density at radius 2 is 2.05 bits per heavy atom. The molecular weight excluding hydrogens is 260 g/mol. The highest BCUT2D eigenvalue weighted by Gasteiger charge is 2.21. The van der Waals surface area contributed by atoms with Crippen molar-refractivity contribution in [1.29, 1.82) is 0 Å². The van der Waals surface area contributed by atoms with E-state index in [-0.39, 0.29) is 0 Å². The summed E-state index contributed by atoms with van der Waals surface area (Å²) in [4.78, 5) is 2.60. The van der Waals surface area contributed by atoms with Crippen LogP contribution >= 0.6 is 0 Å². The molecule has 1 N–H and O–H groups in total. The molecule has 3 rings (SSSR count). The summed E-state index contributed by atoms with van der Waals surface area (Å²) in [7, 11) is 0. The molecule has 0 bridgehead atoms. The molecule has 1 atom stereocenters. The topological polar surface area (TPSA) is 24.5 Å². The van der Waals surface area contributed by atoms with Crippen molar-refractivity contribution < 1.29 is 4.74 Å². The van der Waals surface area contributed by atoms with Crippen LogP contribution in [0.2, 0.25) is 0 Å². The maximum Gasteiger partial charge on any atom is 0.0494 e. The molecule has 0 aromatic heterocycles. The molecule has 1 heterocycles. The molecule has 116 valence electrons. The van der Waals surface area contributed by atoms with Gasteiger partial charge in [0.05, 0.1) is 0 Å². The van der Waals surface area contributed by atoms with Crippen molar-refractivity contribution in [3.8, 4) is 0 Å². The van der Waals surface area contributed by atoms with E-state index in [1.54, 1.807) is 0 Å². The normalized spacial score (nSPS) is 23.9. The summed E-state index contributed by atoms with van der Waals surface area (Å²) in [6, 6.07) is 11.3.